The van der Waals surface area contributed by atoms with Crippen LogP contribution < -0.4 is 15.0 Å². The average molecular weight is 422 g/mol. The quantitative estimate of drug-likeness (QED) is 0.765. The van der Waals surface area contributed by atoms with Crippen LogP contribution in [-0.2, 0) is 4.79 Å². The van der Waals surface area contributed by atoms with Gasteiger partial charge in [-0.2, -0.15) is 0 Å². The molecule has 28 heavy (non-hydrogen) atoms. The summed E-state index contributed by atoms with van der Waals surface area (Å²) in [5, 5.41) is 4.17. The number of methoxy groups -OCH3 is 1. The van der Waals surface area contributed by atoms with E-state index in [-0.39, 0.29) is 11.9 Å². The zero-order valence-electron chi connectivity index (χ0n) is 16.1. The van der Waals surface area contributed by atoms with Crippen LogP contribution in [0.15, 0.2) is 42.5 Å². The number of carbonyl (C=O) groups is 1. The van der Waals surface area contributed by atoms with Gasteiger partial charge in [-0.05, 0) is 36.8 Å². The highest BCUT2D eigenvalue weighted by atomic mass is 35.5. The summed E-state index contributed by atoms with van der Waals surface area (Å²) in [5.41, 5.74) is 1.96. The molecule has 0 aromatic heterocycles. The first kappa shape index (κ1) is 20.8. The molecule has 1 N–H and O–H groups in total. The largest absolute Gasteiger partial charge is 0.495 e. The van der Waals surface area contributed by atoms with E-state index in [1.165, 1.54) is 0 Å². The van der Waals surface area contributed by atoms with Crippen LogP contribution in [0.3, 0.4) is 0 Å². The number of rotatable bonds is 6. The van der Waals surface area contributed by atoms with Gasteiger partial charge in [0.1, 0.15) is 5.75 Å². The molecule has 1 atom stereocenters. The number of benzene rings is 2. The molecule has 2 aromatic carbocycles. The molecule has 0 aliphatic carbocycles. The summed E-state index contributed by atoms with van der Waals surface area (Å²) in [6, 6.07) is 13.2. The van der Waals surface area contributed by atoms with Crippen molar-refractivity contribution in [3.05, 3.63) is 58.1 Å². The Hall–Kier alpha value is -1.95. The first-order valence-electron chi connectivity index (χ1n) is 9.32. The second-order valence-electron chi connectivity index (χ2n) is 6.89. The molecule has 0 radical (unpaired) electrons. The van der Waals surface area contributed by atoms with E-state index in [1.54, 1.807) is 19.2 Å². The van der Waals surface area contributed by atoms with E-state index in [4.69, 9.17) is 27.9 Å². The molecule has 0 bridgehead atoms. The van der Waals surface area contributed by atoms with Crippen molar-refractivity contribution in [2.45, 2.75) is 13.0 Å². The fraction of sp³-hybridized carbons (Fsp3) is 0.381. The number of hydrogen-bond donors (Lipinski definition) is 1. The van der Waals surface area contributed by atoms with E-state index >= 15 is 0 Å². The van der Waals surface area contributed by atoms with Crippen LogP contribution in [0, 0.1) is 0 Å². The van der Waals surface area contributed by atoms with Crippen molar-refractivity contribution in [2.75, 3.05) is 44.7 Å². The lowest BCUT2D eigenvalue weighted by molar-refractivity contribution is -0.123. The number of hydrogen-bond acceptors (Lipinski definition) is 4. The van der Waals surface area contributed by atoms with Crippen LogP contribution in [0.2, 0.25) is 10.0 Å². The SMILES string of the molecule is COc1ccccc1N1CCN(CC(=O)N[C@H](C)c2ccc(Cl)cc2Cl)CC1. The van der Waals surface area contributed by atoms with Crippen molar-refractivity contribution in [1.82, 2.24) is 10.2 Å². The van der Waals surface area contributed by atoms with Gasteiger partial charge in [-0.3, -0.25) is 9.69 Å². The zero-order chi connectivity index (χ0) is 20.1. The first-order chi connectivity index (χ1) is 13.5. The third-order valence-corrected chi connectivity index (χ3v) is 5.53. The first-order valence-corrected chi connectivity index (χ1v) is 10.1. The smallest absolute Gasteiger partial charge is 0.234 e. The van der Waals surface area contributed by atoms with Crippen LogP contribution in [0.25, 0.3) is 0 Å². The Labute approximate surface area is 176 Å². The Morgan fingerprint density at radius 2 is 1.86 bits per heavy atom. The molecular weight excluding hydrogens is 397 g/mol. The fourth-order valence-corrected chi connectivity index (χ4v) is 4.03. The fourth-order valence-electron chi connectivity index (χ4n) is 3.46. The standard InChI is InChI=1S/C21H25Cl2N3O2/c1-15(17-8-7-16(22)13-18(17)23)24-21(27)14-25-9-11-26(12-10-25)19-5-3-4-6-20(19)28-2/h3-8,13,15H,9-12,14H2,1-2H3,(H,24,27)/t15-/m1/s1. The van der Waals surface area contributed by atoms with Gasteiger partial charge in [0.05, 0.1) is 25.4 Å². The number of ether oxygens (including phenoxy) is 1. The molecule has 0 saturated carbocycles. The molecule has 1 aliphatic heterocycles. The molecular formula is C21H25Cl2N3O2. The highest BCUT2D eigenvalue weighted by molar-refractivity contribution is 6.35. The maximum atomic E-state index is 12.5. The van der Waals surface area contributed by atoms with Gasteiger partial charge < -0.3 is 15.0 Å². The van der Waals surface area contributed by atoms with Gasteiger partial charge in [-0.1, -0.05) is 41.4 Å². The minimum Gasteiger partial charge on any atom is -0.495 e. The number of piperazine rings is 1. The van der Waals surface area contributed by atoms with Crippen LogP contribution in [0.5, 0.6) is 5.75 Å². The molecule has 5 nitrogen and oxygen atoms in total. The number of nitrogens with zero attached hydrogens (tertiary/aromatic N) is 2. The maximum absolute atomic E-state index is 12.5. The molecule has 0 spiro atoms. The maximum Gasteiger partial charge on any atom is 0.234 e. The second kappa shape index (κ2) is 9.50. The van der Waals surface area contributed by atoms with Crippen LogP contribution >= 0.6 is 23.2 Å². The molecule has 1 saturated heterocycles. The highest BCUT2D eigenvalue weighted by Crippen LogP contribution is 2.28. The third-order valence-electron chi connectivity index (χ3n) is 4.97. The van der Waals surface area contributed by atoms with Crippen molar-refractivity contribution < 1.29 is 9.53 Å². The van der Waals surface area contributed by atoms with Crippen molar-refractivity contribution >= 4 is 34.8 Å². The Balaban J connectivity index is 1.51. The number of halogens is 2. The molecule has 1 fully saturated rings. The zero-order valence-corrected chi connectivity index (χ0v) is 17.6. The summed E-state index contributed by atoms with van der Waals surface area (Å²) < 4.78 is 5.45. The van der Waals surface area contributed by atoms with Gasteiger partial charge >= 0.3 is 0 Å². The van der Waals surface area contributed by atoms with Crippen molar-refractivity contribution in [1.29, 1.82) is 0 Å². The minimum absolute atomic E-state index is 0.00995. The van der Waals surface area contributed by atoms with Gasteiger partial charge in [0.15, 0.2) is 0 Å². The van der Waals surface area contributed by atoms with Gasteiger partial charge in [0.2, 0.25) is 5.91 Å². The molecule has 3 rings (SSSR count). The van der Waals surface area contributed by atoms with E-state index in [2.05, 4.69) is 21.2 Å². The minimum atomic E-state index is -0.174. The predicted octanol–water partition coefficient (Wildman–Crippen LogP) is 4.00. The molecule has 150 valence electrons. The van der Waals surface area contributed by atoms with Crippen LogP contribution in [0.1, 0.15) is 18.5 Å². The summed E-state index contributed by atoms with van der Waals surface area (Å²) in [6.45, 7) is 5.64. The summed E-state index contributed by atoms with van der Waals surface area (Å²) in [6.07, 6.45) is 0. The highest BCUT2D eigenvalue weighted by Gasteiger charge is 2.22. The summed E-state index contributed by atoms with van der Waals surface area (Å²) >= 11 is 12.2. The van der Waals surface area contributed by atoms with Gasteiger partial charge in [-0.25, -0.2) is 0 Å². The molecule has 0 unspecified atom stereocenters. The van der Waals surface area contributed by atoms with E-state index < -0.39 is 0 Å². The average Bonchev–Trinajstić information content (AvgIpc) is 2.68. The van der Waals surface area contributed by atoms with E-state index in [9.17, 15) is 4.79 Å². The second-order valence-corrected chi connectivity index (χ2v) is 7.73. The normalized spacial score (nSPS) is 15.9. The lowest BCUT2D eigenvalue weighted by Crippen LogP contribution is -2.49. The lowest BCUT2D eigenvalue weighted by Gasteiger charge is -2.36. The molecule has 2 aromatic rings. The third kappa shape index (κ3) is 5.10. The predicted molar refractivity (Wildman–Crippen MR) is 115 cm³/mol. The molecule has 1 aliphatic rings. The van der Waals surface area contributed by atoms with Gasteiger partial charge in [0.25, 0.3) is 0 Å². The molecule has 1 amide bonds. The molecule has 1 heterocycles. The Morgan fingerprint density at radius 3 is 2.54 bits per heavy atom. The van der Waals surface area contributed by atoms with Crippen molar-refractivity contribution in [2.24, 2.45) is 0 Å². The van der Waals surface area contributed by atoms with E-state index in [1.807, 2.05) is 31.2 Å². The number of nitrogens with one attached hydrogen (secondary N) is 1. The number of anilines is 1. The van der Waals surface area contributed by atoms with E-state index in [0.717, 1.165) is 43.2 Å². The van der Waals surface area contributed by atoms with Crippen molar-refractivity contribution in [3.63, 3.8) is 0 Å². The topological polar surface area (TPSA) is 44.8 Å². The lowest BCUT2D eigenvalue weighted by atomic mass is 10.1. The number of para-hydroxylation sites is 2. The summed E-state index contributed by atoms with van der Waals surface area (Å²) in [4.78, 5) is 16.9. The van der Waals surface area contributed by atoms with E-state index in [0.29, 0.717) is 16.6 Å². The Bertz CT molecular complexity index is 823. The van der Waals surface area contributed by atoms with Gasteiger partial charge in [0, 0.05) is 36.2 Å². The number of amides is 1. The van der Waals surface area contributed by atoms with Crippen LogP contribution in [-0.4, -0.2) is 50.6 Å². The van der Waals surface area contributed by atoms with Crippen molar-refractivity contribution in [3.8, 4) is 5.75 Å². The Kier molecular flexibility index (Phi) is 7.05. The molecule has 7 heteroatoms. The number of carbonyl (C=O) groups excluding carboxylic acids is 1. The summed E-state index contributed by atoms with van der Waals surface area (Å²) in [5.74, 6) is 0.867. The Morgan fingerprint density at radius 1 is 1.14 bits per heavy atom. The van der Waals surface area contributed by atoms with Crippen LogP contribution in [0.4, 0.5) is 5.69 Å². The van der Waals surface area contributed by atoms with Gasteiger partial charge in [-0.15, -0.1) is 0 Å². The summed E-state index contributed by atoms with van der Waals surface area (Å²) in [7, 11) is 1.69. The monoisotopic (exact) mass is 421 g/mol.